The molecule has 148 valence electrons. The molecule has 0 amide bonds. The second-order valence-corrected chi connectivity index (χ2v) is 6.93. The molecule has 1 atom stereocenters. The van der Waals surface area contributed by atoms with Gasteiger partial charge in [-0.05, 0) is 53.7 Å². The van der Waals surface area contributed by atoms with Crippen LogP contribution in [0.3, 0.4) is 0 Å². The summed E-state index contributed by atoms with van der Waals surface area (Å²) < 4.78 is 54.2. The summed E-state index contributed by atoms with van der Waals surface area (Å²) in [5.74, 6) is -1.04. The number of hydrogen-bond acceptors (Lipinski definition) is 3. The molecule has 0 saturated heterocycles. The molecular weight excluding hydrogens is 424 g/mol. The number of pyridine rings is 1. The van der Waals surface area contributed by atoms with Crippen molar-refractivity contribution in [3.05, 3.63) is 100 Å². The number of nitrogens with zero attached hydrogens (tertiary/aromatic N) is 2. The molecule has 0 saturated carbocycles. The van der Waals surface area contributed by atoms with Crippen molar-refractivity contribution >= 4 is 29.0 Å². The number of rotatable bonds is 5. The number of alkyl halides is 3. The van der Waals surface area contributed by atoms with Gasteiger partial charge in [-0.3, -0.25) is 4.98 Å². The minimum atomic E-state index is -4.73. The van der Waals surface area contributed by atoms with Crippen LogP contribution in [0.1, 0.15) is 22.4 Å². The molecule has 8 heteroatoms. The van der Waals surface area contributed by atoms with E-state index in [4.69, 9.17) is 23.8 Å². The fraction of sp³-hybridized carbons (Fsp3) is 0.143. The van der Waals surface area contributed by atoms with Crippen molar-refractivity contribution < 1.29 is 17.6 Å². The van der Waals surface area contributed by atoms with E-state index in [0.717, 1.165) is 17.7 Å². The molecule has 2 nitrogen and oxygen atoms in total. The van der Waals surface area contributed by atoms with E-state index in [9.17, 15) is 17.6 Å². The lowest BCUT2D eigenvalue weighted by molar-refractivity contribution is -0.137. The van der Waals surface area contributed by atoms with Crippen LogP contribution in [0.4, 0.5) is 17.6 Å². The number of isothiocyanates is 1. The van der Waals surface area contributed by atoms with E-state index in [1.807, 2.05) is 0 Å². The van der Waals surface area contributed by atoms with Crippen LogP contribution in [-0.4, -0.2) is 10.1 Å². The van der Waals surface area contributed by atoms with E-state index in [1.165, 1.54) is 18.3 Å². The molecule has 1 heterocycles. The average Bonchev–Trinajstić information content (AvgIpc) is 2.68. The number of halogens is 5. The van der Waals surface area contributed by atoms with Crippen LogP contribution < -0.4 is 0 Å². The van der Waals surface area contributed by atoms with Gasteiger partial charge in [0.15, 0.2) is 0 Å². The largest absolute Gasteiger partial charge is 0.416 e. The van der Waals surface area contributed by atoms with Gasteiger partial charge in [-0.2, -0.15) is 13.2 Å². The summed E-state index contributed by atoms with van der Waals surface area (Å²) >= 11 is 10.7. The lowest BCUT2D eigenvalue weighted by atomic mass is 9.80. The van der Waals surface area contributed by atoms with Crippen LogP contribution in [0.5, 0.6) is 0 Å². The highest BCUT2D eigenvalue weighted by molar-refractivity contribution is 7.78. The molecule has 2 aromatic carbocycles. The lowest BCUT2D eigenvalue weighted by Gasteiger charge is -2.30. The quantitative estimate of drug-likeness (QED) is 0.260. The van der Waals surface area contributed by atoms with Crippen molar-refractivity contribution in [2.75, 3.05) is 0 Å². The minimum Gasteiger partial charge on any atom is -0.257 e. The number of hydrogen-bond donors (Lipinski definition) is 0. The summed E-state index contributed by atoms with van der Waals surface area (Å²) in [5, 5.41) is 2.59. The molecule has 3 rings (SSSR count). The molecule has 3 aromatic rings. The molecule has 0 aliphatic heterocycles. The molecule has 0 aliphatic rings. The second kappa shape index (κ2) is 8.41. The summed E-state index contributed by atoms with van der Waals surface area (Å²) in [7, 11) is 0. The molecular formula is C21H13ClF4N2S. The Balaban J connectivity index is 2.31. The summed E-state index contributed by atoms with van der Waals surface area (Å²) in [6.45, 7) is 0. The number of thiocarbonyl (C=S) groups is 1. The fourth-order valence-corrected chi connectivity index (χ4v) is 3.35. The molecule has 0 bridgehead atoms. The Morgan fingerprint density at radius 3 is 2.28 bits per heavy atom. The van der Waals surface area contributed by atoms with E-state index in [2.05, 4.69) is 15.1 Å². The first-order valence-corrected chi connectivity index (χ1v) is 9.16. The van der Waals surface area contributed by atoms with Gasteiger partial charge in [0.05, 0.1) is 21.4 Å². The van der Waals surface area contributed by atoms with E-state index in [-0.39, 0.29) is 17.7 Å². The van der Waals surface area contributed by atoms with Crippen LogP contribution in [0.15, 0.2) is 71.9 Å². The molecule has 0 spiro atoms. The molecule has 1 unspecified atom stereocenters. The third kappa shape index (κ3) is 4.70. The number of aromatic nitrogens is 1. The molecule has 0 radical (unpaired) electrons. The Bertz CT molecular complexity index is 1050. The Hall–Kier alpha value is -2.60. The Kier molecular flexibility index (Phi) is 6.13. The van der Waals surface area contributed by atoms with Gasteiger partial charge in [-0.25, -0.2) is 9.38 Å². The zero-order valence-electron chi connectivity index (χ0n) is 14.8. The highest BCUT2D eigenvalue weighted by atomic mass is 35.5. The van der Waals surface area contributed by atoms with Gasteiger partial charge >= 0.3 is 6.18 Å². The first-order chi connectivity index (χ1) is 13.7. The zero-order valence-corrected chi connectivity index (χ0v) is 16.3. The van der Waals surface area contributed by atoms with Crippen LogP contribution in [0.2, 0.25) is 5.02 Å². The Labute approximate surface area is 174 Å². The minimum absolute atomic E-state index is 0.0409. The summed E-state index contributed by atoms with van der Waals surface area (Å²) in [5.41, 5.74) is -1.67. The van der Waals surface area contributed by atoms with E-state index in [0.29, 0.717) is 11.1 Å². The van der Waals surface area contributed by atoms with Crippen LogP contribution in [0.25, 0.3) is 0 Å². The van der Waals surface area contributed by atoms with Crippen molar-refractivity contribution in [2.24, 2.45) is 4.99 Å². The SMILES string of the molecule is Fc1cc(C(F)(F)F)cc(C(Cc2ccccc2)(N=C=S)c2ccc(Cl)cn2)c1. The third-order valence-electron chi connectivity index (χ3n) is 4.39. The highest BCUT2D eigenvalue weighted by Crippen LogP contribution is 2.40. The predicted molar refractivity (Wildman–Crippen MR) is 107 cm³/mol. The van der Waals surface area contributed by atoms with Crippen molar-refractivity contribution in [3.8, 4) is 0 Å². The van der Waals surface area contributed by atoms with Crippen LogP contribution >= 0.6 is 23.8 Å². The Morgan fingerprint density at radius 1 is 1.00 bits per heavy atom. The van der Waals surface area contributed by atoms with Crippen molar-refractivity contribution in [3.63, 3.8) is 0 Å². The summed E-state index contributed by atoms with van der Waals surface area (Å²) in [6, 6.07) is 14.3. The molecule has 0 aliphatic carbocycles. The van der Waals surface area contributed by atoms with E-state index < -0.39 is 23.1 Å². The van der Waals surface area contributed by atoms with Gasteiger partial charge in [0.1, 0.15) is 11.4 Å². The maximum atomic E-state index is 14.2. The van der Waals surface area contributed by atoms with Gasteiger partial charge in [-0.1, -0.05) is 41.9 Å². The van der Waals surface area contributed by atoms with Crippen LogP contribution in [-0.2, 0) is 18.1 Å². The fourth-order valence-electron chi connectivity index (χ4n) is 3.08. The van der Waals surface area contributed by atoms with Crippen molar-refractivity contribution in [1.29, 1.82) is 0 Å². The normalized spacial score (nSPS) is 13.4. The molecule has 0 N–H and O–H groups in total. The Morgan fingerprint density at radius 2 is 1.69 bits per heavy atom. The van der Waals surface area contributed by atoms with E-state index >= 15 is 0 Å². The summed E-state index contributed by atoms with van der Waals surface area (Å²) in [6.07, 6.45) is -3.30. The second-order valence-electron chi connectivity index (χ2n) is 6.31. The maximum absolute atomic E-state index is 14.2. The van der Waals surface area contributed by atoms with Gasteiger partial charge in [0.2, 0.25) is 0 Å². The molecule has 1 aromatic heterocycles. The maximum Gasteiger partial charge on any atom is 0.416 e. The number of benzene rings is 2. The molecule has 0 fully saturated rings. The van der Waals surface area contributed by atoms with Gasteiger partial charge in [0.25, 0.3) is 0 Å². The zero-order chi connectivity index (χ0) is 21.1. The predicted octanol–water partition coefficient (Wildman–Crippen LogP) is 6.48. The third-order valence-corrected chi connectivity index (χ3v) is 4.71. The summed E-state index contributed by atoms with van der Waals surface area (Å²) in [4.78, 5) is 8.46. The van der Waals surface area contributed by atoms with Gasteiger partial charge in [-0.15, -0.1) is 0 Å². The molecule has 29 heavy (non-hydrogen) atoms. The van der Waals surface area contributed by atoms with Crippen molar-refractivity contribution in [1.82, 2.24) is 4.98 Å². The topological polar surface area (TPSA) is 25.2 Å². The number of aliphatic imine (C=N–C) groups is 1. The first-order valence-electron chi connectivity index (χ1n) is 8.38. The standard InChI is InChI=1S/C21H13ClF4N2S/c22-17-6-7-19(27-12-17)20(28-13-29,11-14-4-2-1-3-5-14)15-8-16(21(24,25)26)10-18(23)9-15/h1-10,12H,11H2. The smallest absolute Gasteiger partial charge is 0.257 e. The van der Waals surface area contributed by atoms with E-state index in [1.54, 1.807) is 30.3 Å². The monoisotopic (exact) mass is 436 g/mol. The lowest BCUT2D eigenvalue weighted by Crippen LogP contribution is -2.30. The van der Waals surface area contributed by atoms with Gasteiger partial charge in [0, 0.05) is 12.6 Å². The average molecular weight is 437 g/mol. The van der Waals surface area contributed by atoms with Gasteiger partial charge < -0.3 is 0 Å². The first kappa shape index (κ1) is 21.1. The highest BCUT2D eigenvalue weighted by Gasteiger charge is 2.39. The van der Waals surface area contributed by atoms with Crippen molar-refractivity contribution in [2.45, 2.75) is 18.1 Å². The van der Waals surface area contributed by atoms with Crippen LogP contribution in [0, 0.1) is 5.82 Å².